The molecule has 128 valence electrons. The number of rotatable bonds is 4. The predicted octanol–water partition coefficient (Wildman–Crippen LogP) is 1.77. The highest BCUT2D eigenvalue weighted by atomic mass is 16.5. The molecule has 3 heterocycles. The van der Waals surface area contributed by atoms with Crippen molar-refractivity contribution >= 4 is 5.82 Å². The predicted molar refractivity (Wildman–Crippen MR) is 93.2 cm³/mol. The highest BCUT2D eigenvalue weighted by Gasteiger charge is 2.26. The van der Waals surface area contributed by atoms with Crippen molar-refractivity contribution in [1.82, 2.24) is 24.7 Å². The average molecular weight is 336 g/mol. The van der Waals surface area contributed by atoms with E-state index in [1.54, 1.807) is 6.33 Å². The summed E-state index contributed by atoms with van der Waals surface area (Å²) in [6.07, 6.45) is 4.15. The zero-order valence-electron chi connectivity index (χ0n) is 14.1. The Morgan fingerprint density at radius 1 is 1.20 bits per heavy atom. The van der Waals surface area contributed by atoms with Gasteiger partial charge in [0.1, 0.15) is 24.1 Å². The maximum Gasteiger partial charge on any atom is 0.163 e. The maximum atomic E-state index is 5.87. The molecule has 2 aromatic heterocycles. The van der Waals surface area contributed by atoms with Crippen molar-refractivity contribution in [3.63, 3.8) is 0 Å². The van der Waals surface area contributed by atoms with Crippen LogP contribution in [0.1, 0.15) is 23.3 Å². The first kappa shape index (κ1) is 15.7. The molecule has 1 fully saturated rings. The van der Waals surface area contributed by atoms with E-state index in [0.717, 1.165) is 30.4 Å². The quantitative estimate of drug-likeness (QED) is 0.723. The molecule has 0 amide bonds. The molecular formula is C18H20N6O. The van der Waals surface area contributed by atoms with Crippen molar-refractivity contribution in [3.8, 4) is 0 Å². The zero-order valence-corrected chi connectivity index (χ0v) is 14.1. The van der Waals surface area contributed by atoms with Gasteiger partial charge < -0.3 is 14.2 Å². The highest BCUT2D eigenvalue weighted by Crippen LogP contribution is 2.23. The van der Waals surface area contributed by atoms with Crippen LogP contribution < -0.4 is 4.90 Å². The van der Waals surface area contributed by atoms with Gasteiger partial charge in [0, 0.05) is 26.2 Å². The second kappa shape index (κ2) is 6.98. The van der Waals surface area contributed by atoms with Gasteiger partial charge in [0.25, 0.3) is 0 Å². The summed E-state index contributed by atoms with van der Waals surface area (Å²) in [5.41, 5.74) is 1.21. The Bertz CT molecular complexity index is 834. The molecule has 4 rings (SSSR count). The summed E-state index contributed by atoms with van der Waals surface area (Å²) in [5, 5.41) is 8.11. The SMILES string of the molecule is Cn1cnnc1[C@@H]1CN(c2ccnc(Cc3ccccc3)n2)CCO1. The minimum atomic E-state index is -0.103. The lowest BCUT2D eigenvalue weighted by Crippen LogP contribution is -2.39. The van der Waals surface area contributed by atoms with Crippen LogP contribution in [0.5, 0.6) is 0 Å². The second-order valence-corrected chi connectivity index (χ2v) is 6.10. The molecule has 0 radical (unpaired) electrons. The molecule has 0 saturated carbocycles. The van der Waals surface area contributed by atoms with E-state index >= 15 is 0 Å². The van der Waals surface area contributed by atoms with Crippen molar-refractivity contribution in [2.24, 2.45) is 7.05 Å². The number of hydrogen-bond acceptors (Lipinski definition) is 6. The van der Waals surface area contributed by atoms with E-state index in [0.29, 0.717) is 13.2 Å². The monoisotopic (exact) mass is 336 g/mol. The summed E-state index contributed by atoms with van der Waals surface area (Å²) in [7, 11) is 1.93. The molecule has 3 aromatic rings. The summed E-state index contributed by atoms with van der Waals surface area (Å²) < 4.78 is 7.77. The van der Waals surface area contributed by atoms with Gasteiger partial charge in [-0.05, 0) is 11.6 Å². The van der Waals surface area contributed by atoms with Gasteiger partial charge in [0.15, 0.2) is 5.82 Å². The molecule has 0 bridgehead atoms. The number of aromatic nitrogens is 5. The van der Waals surface area contributed by atoms with Crippen LogP contribution in [-0.4, -0.2) is 44.4 Å². The van der Waals surface area contributed by atoms with E-state index in [-0.39, 0.29) is 6.10 Å². The number of aryl methyl sites for hydroxylation is 1. The van der Waals surface area contributed by atoms with E-state index in [9.17, 15) is 0 Å². The molecular weight excluding hydrogens is 316 g/mol. The van der Waals surface area contributed by atoms with Gasteiger partial charge in [-0.15, -0.1) is 10.2 Å². The van der Waals surface area contributed by atoms with Gasteiger partial charge in [0.05, 0.1) is 13.2 Å². The Kier molecular flexibility index (Phi) is 4.39. The third-order valence-electron chi connectivity index (χ3n) is 4.32. The van der Waals surface area contributed by atoms with Crippen molar-refractivity contribution < 1.29 is 4.74 Å². The van der Waals surface area contributed by atoms with E-state index in [2.05, 4.69) is 32.2 Å². The summed E-state index contributed by atoms with van der Waals surface area (Å²) >= 11 is 0. The van der Waals surface area contributed by atoms with Crippen LogP contribution in [0.4, 0.5) is 5.82 Å². The Hall–Kier alpha value is -2.80. The zero-order chi connectivity index (χ0) is 17.1. The van der Waals surface area contributed by atoms with Gasteiger partial charge in [-0.25, -0.2) is 9.97 Å². The Morgan fingerprint density at radius 3 is 2.88 bits per heavy atom. The van der Waals surface area contributed by atoms with Crippen LogP contribution in [0.15, 0.2) is 48.9 Å². The van der Waals surface area contributed by atoms with Crippen LogP contribution >= 0.6 is 0 Å². The molecule has 0 spiro atoms. The maximum absolute atomic E-state index is 5.87. The number of ether oxygens (including phenoxy) is 1. The molecule has 0 unspecified atom stereocenters. The van der Waals surface area contributed by atoms with Gasteiger partial charge in [-0.2, -0.15) is 0 Å². The minimum Gasteiger partial charge on any atom is -0.366 e. The van der Waals surface area contributed by atoms with Crippen molar-refractivity contribution in [2.75, 3.05) is 24.6 Å². The van der Waals surface area contributed by atoms with Crippen molar-refractivity contribution in [1.29, 1.82) is 0 Å². The standard InChI is InChI=1S/C18H20N6O/c1-23-13-20-22-18(23)15-12-24(9-10-25-15)17-7-8-19-16(21-17)11-14-5-3-2-4-6-14/h2-8,13,15H,9-12H2,1H3/t15-/m0/s1. The first-order valence-electron chi connectivity index (χ1n) is 8.36. The topological polar surface area (TPSA) is 69.0 Å². The van der Waals surface area contributed by atoms with Gasteiger partial charge in [-0.1, -0.05) is 30.3 Å². The number of hydrogen-bond donors (Lipinski definition) is 0. The fourth-order valence-corrected chi connectivity index (χ4v) is 3.03. The third-order valence-corrected chi connectivity index (χ3v) is 4.32. The van der Waals surface area contributed by atoms with Crippen LogP contribution in [-0.2, 0) is 18.2 Å². The van der Waals surface area contributed by atoms with Crippen LogP contribution in [0, 0.1) is 0 Å². The van der Waals surface area contributed by atoms with Gasteiger partial charge in [-0.3, -0.25) is 0 Å². The average Bonchev–Trinajstić information content (AvgIpc) is 3.09. The lowest BCUT2D eigenvalue weighted by molar-refractivity contribution is 0.0318. The minimum absolute atomic E-state index is 0.103. The fraction of sp³-hybridized carbons (Fsp3) is 0.333. The summed E-state index contributed by atoms with van der Waals surface area (Å²) in [4.78, 5) is 11.4. The highest BCUT2D eigenvalue weighted by molar-refractivity contribution is 5.39. The molecule has 1 aromatic carbocycles. The lowest BCUT2D eigenvalue weighted by Gasteiger charge is -2.33. The Morgan fingerprint density at radius 2 is 2.08 bits per heavy atom. The largest absolute Gasteiger partial charge is 0.366 e. The number of anilines is 1. The van der Waals surface area contributed by atoms with Crippen molar-refractivity contribution in [2.45, 2.75) is 12.5 Å². The first-order valence-corrected chi connectivity index (χ1v) is 8.36. The molecule has 1 atom stereocenters. The molecule has 1 aliphatic heterocycles. The summed E-state index contributed by atoms with van der Waals surface area (Å²) in [6, 6.07) is 12.2. The van der Waals surface area contributed by atoms with Crippen LogP contribution in [0.2, 0.25) is 0 Å². The summed E-state index contributed by atoms with van der Waals surface area (Å²) in [6.45, 7) is 2.14. The van der Waals surface area contributed by atoms with Crippen molar-refractivity contribution in [3.05, 3.63) is 66.1 Å². The molecule has 7 heteroatoms. The lowest BCUT2D eigenvalue weighted by atomic mass is 10.1. The van der Waals surface area contributed by atoms with Gasteiger partial charge >= 0.3 is 0 Å². The van der Waals surface area contributed by atoms with Gasteiger partial charge in [0.2, 0.25) is 0 Å². The van der Waals surface area contributed by atoms with E-state index < -0.39 is 0 Å². The molecule has 25 heavy (non-hydrogen) atoms. The van der Waals surface area contributed by atoms with Crippen LogP contribution in [0.25, 0.3) is 0 Å². The number of nitrogens with zero attached hydrogens (tertiary/aromatic N) is 6. The van der Waals surface area contributed by atoms with E-state index in [1.807, 2.05) is 42.1 Å². The smallest absolute Gasteiger partial charge is 0.163 e. The first-order chi connectivity index (χ1) is 12.3. The van der Waals surface area contributed by atoms with E-state index in [4.69, 9.17) is 9.72 Å². The second-order valence-electron chi connectivity index (χ2n) is 6.10. The molecule has 1 aliphatic rings. The summed E-state index contributed by atoms with van der Waals surface area (Å²) in [5.74, 6) is 2.59. The molecule has 0 aliphatic carbocycles. The molecule has 1 saturated heterocycles. The fourth-order valence-electron chi connectivity index (χ4n) is 3.03. The molecule has 7 nitrogen and oxygen atoms in total. The number of morpholine rings is 1. The molecule has 0 N–H and O–H groups in total. The number of benzene rings is 1. The Balaban J connectivity index is 1.51. The Labute approximate surface area is 146 Å². The normalized spacial score (nSPS) is 17.6. The van der Waals surface area contributed by atoms with E-state index in [1.165, 1.54) is 5.56 Å². The third kappa shape index (κ3) is 3.51. The van der Waals surface area contributed by atoms with Crippen LogP contribution in [0.3, 0.4) is 0 Å².